The number of rotatable bonds is 19. The fraction of sp³-hybridized carbons (Fsp3) is 0.737. The van der Waals surface area contributed by atoms with E-state index in [4.69, 9.17) is 9.47 Å². The van der Waals surface area contributed by atoms with Gasteiger partial charge in [-0.3, -0.25) is 19.2 Å². The van der Waals surface area contributed by atoms with Crippen LogP contribution in [0.1, 0.15) is 94.4 Å². The van der Waals surface area contributed by atoms with Crippen LogP contribution in [0.2, 0.25) is 0 Å². The summed E-state index contributed by atoms with van der Waals surface area (Å²) in [5.41, 5.74) is 0.266. The average Bonchev–Trinajstić information content (AvgIpc) is 3.51. The number of carbonyl (C=O) groups is 4. The van der Waals surface area contributed by atoms with Gasteiger partial charge in [0.1, 0.15) is 6.04 Å². The number of carbonyl (C=O) groups excluding carboxylic acids is 4. The number of hydrogen-bond donors (Lipinski definition) is 2. The van der Waals surface area contributed by atoms with Gasteiger partial charge in [-0.2, -0.15) is 0 Å². The molecule has 1 aliphatic heterocycles. The lowest BCUT2D eigenvalue weighted by Gasteiger charge is -2.40. The number of methoxy groups -OCH3 is 2. The van der Waals surface area contributed by atoms with Crippen LogP contribution < -0.4 is 10.6 Å². The molecule has 0 spiro atoms. The first-order chi connectivity index (χ1) is 22.4. The van der Waals surface area contributed by atoms with Crippen molar-refractivity contribution in [2.24, 2.45) is 23.7 Å². The van der Waals surface area contributed by atoms with Gasteiger partial charge in [-0.1, -0.05) is 79.3 Å². The maximum Gasteiger partial charge on any atom is 0.243 e. The number of amides is 4. The summed E-state index contributed by atoms with van der Waals surface area (Å²) >= 11 is 0. The summed E-state index contributed by atoms with van der Waals surface area (Å²) in [6.07, 6.45) is 6.52. The first-order valence-corrected chi connectivity index (χ1v) is 17.6. The van der Waals surface area contributed by atoms with Crippen molar-refractivity contribution in [2.75, 3.05) is 27.8 Å². The van der Waals surface area contributed by atoms with Crippen molar-refractivity contribution in [1.29, 1.82) is 0 Å². The molecule has 10 nitrogen and oxygen atoms in total. The third kappa shape index (κ3) is 12.2. The van der Waals surface area contributed by atoms with Gasteiger partial charge < -0.3 is 29.9 Å². The van der Waals surface area contributed by atoms with Gasteiger partial charge in [-0.15, -0.1) is 0 Å². The molecule has 2 N–H and O–H groups in total. The molecule has 0 bridgehead atoms. The van der Waals surface area contributed by atoms with Crippen LogP contribution in [0.15, 0.2) is 37.0 Å². The van der Waals surface area contributed by atoms with Crippen LogP contribution in [-0.2, 0) is 28.7 Å². The SMILES string of the molecule is C=C/C=C(\C=C)CC(NC(=O)C(C)C(OC)C1CCCN1C(=O)CC(OC)C(C(C)CC)N(C)C(=O)[C@@H](C)C(C)C)C(=O)NC(C)(C)C. The summed E-state index contributed by atoms with van der Waals surface area (Å²) in [4.78, 5) is 58.0. The fourth-order valence-corrected chi connectivity index (χ4v) is 6.49. The maximum atomic E-state index is 14.0. The predicted octanol–water partition coefficient (Wildman–Crippen LogP) is 5.29. The van der Waals surface area contributed by atoms with E-state index in [1.807, 2.05) is 53.5 Å². The highest BCUT2D eigenvalue weighted by atomic mass is 16.5. The van der Waals surface area contributed by atoms with E-state index in [9.17, 15) is 19.2 Å². The summed E-state index contributed by atoms with van der Waals surface area (Å²) < 4.78 is 11.9. The van der Waals surface area contributed by atoms with Gasteiger partial charge in [0.25, 0.3) is 0 Å². The largest absolute Gasteiger partial charge is 0.379 e. The summed E-state index contributed by atoms with van der Waals surface area (Å²) in [6, 6.07) is -1.47. The molecule has 1 heterocycles. The molecule has 0 aromatic heterocycles. The minimum absolute atomic E-state index is 0.0396. The molecule has 0 radical (unpaired) electrons. The topological polar surface area (TPSA) is 117 Å². The van der Waals surface area contributed by atoms with Crippen molar-refractivity contribution in [3.8, 4) is 0 Å². The second-order valence-corrected chi connectivity index (χ2v) is 14.8. The molecule has 1 rings (SSSR count). The van der Waals surface area contributed by atoms with Gasteiger partial charge in [0.15, 0.2) is 0 Å². The van der Waals surface area contributed by atoms with Gasteiger partial charge in [0.2, 0.25) is 23.6 Å². The van der Waals surface area contributed by atoms with Crippen molar-refractivity contribution in [3.05, 3.63) is 37.0 Å². The van der Waals surface area contributed by atoms with E-state index >= 15 is 0 Å². The first kappa shape index (κ1) is 43.0. The minimum Gasteiger partial charge on any atom is -0.379 e. The van der Waals surface area contributed by atoms with E-state index in [2.05, 4.69) is 37.6 Å². The van der Waals surface area contributed by atoms with Crippen molar-refractivity contribution >= 4 is 23.6 Å². The zero-order valence-corrected chi connectivity index (χ0v) is 31.9. The number of nitrogens with one attached hydrogen (secondary N) is 2. The Kier molecular flexibility index (Phi) is 17.8. The Morgan fingerprint density at radius 3 is 2.08 bits per heavy atom. The van der Waals surface area contributed by atoms with E-state index in [0.717, 1.165) is 18.4 Å². The van der Waals surface area contributed by atoms with Crippen LogP contribution >= 0.6 is 0 Å². The van der Waals surface area contributed by atoms with Crippen LogP contribution in [0.5, 0.6) is 0 Å². The van der Waals surface area contributed by atoms with Crippen LogP contribution in [-0.4, -0.2) is 97.1 Å². The summed E-state index contributed by atoms with van der Waals surface area (Å²) in [5.74, 6) is -1.24. The molecule has 4 amide bonds. The lowest BCUT2D eigenvalue weighted by Crippen LogP contribution is -2.56. The van der Waals surface area contributed by atoms with Gasteiger partial charge in [0.05, 0.1) is 36.6 Å². The molecule has 1 fully saturated rings. The number of likely N-dealkylation sites (tertiary alicyclic amines) is 1. The molecule has 274 valence electrons. The first-order valence-electron chi connectivity index (χ1n) is 17.6. The Morgan fingerprint density at radius 1 is 0.979 bits per heavy atom. The molecule has 1 aliphatic rings. The van der Waals surface area contributed by atoms with Crippen LogP contribution in [0, 0.1) is 23.7 Å². The number of allylic oxidation sites excluding steroid dienone is 3. The van der Waals surface area contributed by atoms with Gasteiger partial charge >= 0.3 is 0 Å². The molecule has 0 saturated carbocycles. The molecule has 1 saturated heterocycles. The number of ether oxygens (including phenoxy) is 2. The van der Waals surface area contributed by atoms with E-state index in [0.29, 0.717) is 13.0 Å². The van der Waals surface area contributed by atoms with E-state index < -0.39 is 29.7 Å². The minimum atomic E-state index is -0.847. The maximum absolute atomic E-state index is 14.0. The van der Waals surface area contributed by atoms with Crippen molar-refractivity contribution in [2.45, 2.75) is 130 Å². The molecular formula is C38H66N4O6. The van der Waals surface area contributed by atoms with Crippen LogP contribution in [0.4, 0.5) is 0 Å². The molecule has 7 unspecified atom stereocenters. The Bertz CT molecular complexity index is 1130. The van der Waals surface area contributed by atoms with E-state index in [-0.39, 0.29) is 66.3 Å². The van der Waals surface area contributed by atoms with E-state index in [1.165, 1.54) is 0 Å². The second-order valence-electron chi connectivity index (χ2n) is 14.8. The molecule has 0 aliphatic carbocycles. The summed E-state index contributed by atoms with van der Waals surface area (Å²) in [6.45, 7) is 25.7. The Labute approximate surface area is 291 Å². The van der Waals surface area contributed by atoms with Gasteiger partial charge in [0, 0.05) is 45.7 Å². The number of hydrogen-bond acceptors (Lipinski definition) is 6. The predicted molar refractivity (Wildman–Crippen MR) is 193 cm³/mol. The Hall–Kier alpha value is -2.98. The normalized spacial score (nSPS) is 19.8. The quantitative estimate of drug-likeness (QED) is 0.180. The fourth-order valence-electron chi connectivity index (χ4n) is 6.49. The standard InChI is InChI=1S/C38H66N4O6/c1-15-19-28(17-3)22-29(36(45)40-38(9,10)11)39-35(44)27(8)34(48-14)30-20-18-21-42(30)32(43)23-31(47-13)33(25(6)16-2)41(12)37(46)26(7)24(4)5/h15,17,19,24-27,29-31,33-34H,1,3,16,18,20-23H2,2,4-14H3,(H,39,44)(H,40,45)/b28-19+/t25?,26-,27?,29?,30?,31?,33?,34?/m0/s1. The monoisotopic (exact) mass is 674 g/mol. The highest BCUT2D eigenvalue weighted by molar-refractivity contribution is 5.89. The smallest absolute Gasteiger partial charge is 0.243 e. The zero-order valence-electron chi connectivity index (χ0n) is 31.9. The second kappa shape index (κ2) is 19.9. The number of likely N-dealkylation sites (N-methyl/N-ethyl adjacent to an activating group) is 1. The van der Waals surface area contributed by atoms with Crippen LogP contribution in [0.3, 0.4) is 0 Å². The summed E-state index contributed by atoms with van der Waals surface area (Å²) in [7, 11) is 4.96. The van der Waals surface area contributed by atoms with E-state index in [1.54, 1.807) is 44.3 Å². The third-order valence-electron chi connectivity index (χ3n) is 9.81. The van der Waals surface area contributed by atoms with Crippen LogP contribution in [0.25, 0.3) is 0 Å². The lowest BCUT2D eigenvalue weighted by molar-refractivity contribution is -0.148. The van der Waals surface area contributed by atoms with Gasteiger partial charge in [-0.05, 0) is 51.0 Å². The van der Waals surface area contributed by atoms with Crippen molar-refractivity contribution in [3.63, 3.8) is 0 Å². The van der Waals surface area contributed by atoms with Gasteiger partial charge in [-0.25, -0.2) is 0 Å². The average molecular weight is 675 g/mol. The Morgan fingerprint density at radius 2 is 1.60 bits per heavy atom. The van der Waals surface area contributed by atoms with Crippen molar-refractivity contribution in [1.82, 2.24) is 20.4 Å². The molecule has 48 heavy (non-hydrogen) atoms. The molecule has 0 aromatic rings. The highest BCUT2D eigenvalue weighted by Gasteiger charge is 2.43. The third-order valence-corrected chi connectivity index (χ3v) is 9.81. The zero-order chi connectivity index (χ0) is 36.9. The summed E-state index contributed by atoms with van der Waals surface area (Å²) in [5, 5.41) is 5.91. The molecular weight excluding hydrogens is 608 g/mol. The molecule has 8 atom stereocenters. The molecule has 0 aromatic carbocycles. The highest BCUT2D eigenvalue weighted by Crippen LogP contribution is 2.30. The lowest BCUT2D eigenvalue weighted by atomic mass is 9.88. The molecule has 10 heteroatoms. The number of nitrogens with zero attached hydrogens (tertiary/aromatic N) is 2. The van der Waals surface area contributed by atoms with Crippen molar-refractivity contribution < 1.29 is 28.7 Å². The Balaban J connectivity index is 3.26.